The second-order valence-corrected chi connectivity index (χ2v) is 9.18. The van der Waals surface area contributed by atoms with Crippen molar-refractivity contribution in [2.24, 2.45) is 5.92 Å². The van der Waals surface area contributed by atoms with E-state index in [2.05, 4.69) is 10.2 Å². The molecule has 3 saturated heterocycles. The topological polar surface area (TPSA) is 79.0 Å². The number of piperidine rings is 1. The summed E-state index contributed by atoms with van der Waals surface area (Å²) in [5.41, 5.74) is 0.934. The van der Waals surface area contributed by atoms with Gasteiger partial charge in [-0.3, -0.25) is 9.69 Å². The van der Waals surface area contributed by atoms with Crippen LogP contribution >= 0.6 is 0 Å². The summed E-state index contributed by atoms with van der Waals surface area (Å²) in [7, 11) is -1.58. The van der Waals surface area contributed by atoms with Gasteiger partial charge in [-0.05, 0) is 24.8 Å². The van der Waals surface area contributed by atoms with Gasteiger partial charge in [0.05, 0.1) is 19.9 Å². The second-order valence-electron chi connectivity index (χ2n) is 7.20. The van der Waals surface area contributed by atoms with E-state index in [1.807, 2.05) is 24.3 Å². The maximum Gasteiger partial charge on any atom is 0.234 e. The molecule has 2 bridgehead atoms. The minimum absolute atomic E-state index is 0.0469. The van der Waals surface area contributed by atoms with Gasteiger partial charge in [-0.1, -0.05) is 18.2 Å². The number of nitrogens with one attached hydrogen (secondary N) is 1. The van der Waals surface area contributed by atoms with Crippen LogP contribution in [0.1, 0.15) is 18.4 Å². The van der Waals surface area contributed by atoms with Crippen LogP contribution in [0, 0.1) is 5.92 Å². The van der Waals surface area contributed by atoms with Crippen molar-refractivity contribution in [2.75, 3.05) is 39.5 Å². The number of carbonyl (C=O) groups is 1. The number of sulfonamides is 1. The van der Waals surface area contributed by atoms with Crippen molar-refractivity contribution in [3.63, 3.8) is 0 Å². The van der Waals surface area contributed by atoms with E-state index in [-0.39, 0.29) is 11.9 Å². The molecule has 0 unspecified atom stereocenters. The molecule has 7 nitrogen and oxygen atoms in total. The number of fused-ring (bicyclic) bond motifs is 4. The van der Waals surface area contributed by atoms with E-state index in [1.54, 1.807) is 11.4 Å². The molecule has 1 N–H and O–H groups in total. The van der Waals surface area contributed by atoms with E-state index in [0.29, 0.717) is 32.1 Å². The van der Waals surface area contributed by atoms with Crippen LogP contribution in [-0.2, 0) is 21.4 Å². The Labute approximate surface area is 155 Å². The predicted molar refractivity (Wildman–Crippen MR) is 99.3 cm³/mol. The minimum Gasteiger partial charge on any atom is -0.496 e. The molecule has 144 valence electrons. The van der Waals surface area contributed by atoms with Crippen LogP contribution in [0.3, 0.4) is 0 Å². The van der Waals surface area contributed by atoms with Crippen molar-refractivity contribution >= 4 is 15.9 Å². The zero-order chi connectivity index (χ0) is 18.7. The normalized spacial score (nSPS) is 24.2. The molecule has 4 rings (SSSR count). The maximum absolute atomic E-state index is 12.4. The number of methoxy groups -OCH3 is 1. The van der Waals surface area contributed by atoms with Crippen LogP contribution in [0.25, 0.3) is 0 Å². The lowest BCUT2D eigenvalue weighted by atomic mass is 9.95. The molecule has 0 aliphatic carbocycles. The Morgan fingerprint density at radius 1 is 1.23 bits per heavy atom. The smallest absolute Gasteiger partial charge is 0.234 e. The molecule has 3 aliphatic heterocycles. The summed E-state index contributed by atoms with van der Waals surface area (Å²) in [4.78, 5) is 14.6. The molecule has 3 fully saturated rings. The summed E-state index contributed by atoms with van der Waals surface area (Å²) in [6.07, 6.45) is 3.23. The highest BCUT2D eigenvalue weighted by Gasteiger charge is 2.38. The fourth-order valence-electron chi connectivity index (χ4n) is 3.88. The quantitative estimate of drug-likeness (QED) is 0.783. The van der Waals surface area contributed by atoms with Crippen LogP contribution in [-0.4, -0.2) is 69.1 Å². The van der Waals surface area contributed by atoms with Crippen molar-refractivity contribution < 1.29 is 17.9 Å². The largest absolute Gasteiger partial charge is 0.496 e. The average Bonchev–Trinajstić information content (AvgIpc) is 2.92. The second kappa shape index (κ2) is 7.94. The number of amides is 1. The van der Waals surface area contributed by atoms with Gasteiger partial charge in [-0.2, -0.15) is 0 Å². The van der Waals surface area contributed by atoms with Gasteiger partial charge in [-0.25, -0.2) is 12.7 Å². The number of ether oxygens (including phenoxy) is 1. The Bertz CT molecular complexity index is 753. The maximum atomic E-state index is 12.4. The van der Waals surface area contributed by atoms with Crippen molar-refractivity contribution in [1.29, 1.82) is 0 Å². The van der Waals surface area contributed by atoms with Gasteiger partial charge >= 0.3 is 0 Å². The number of hydrogen-bond acceptors (Lipinski definition) is 5. The van der Waals surface area contributed by atoms with Crippen molar-refractivity contribution in [1.82, 2.24) is 14.5 Å². The molecule has 1 aromatic rings. The molecule has 3 aliphatic rings. The Balaban J connectivity index is 1.58. The third kappa shape index (κ3) is 4.55. The highest BCUT2D eigenvalue weighted by atomic mass is 32.2. The zero-order valence-corrected chi connectivity index (χ0v) is 16.2. The molecule has 1 aromatic carbocycles. The molecule has 26 heavy (non-hydrogen) atoms. The van der Waals surface area contributed by atoms with E-state index in [4.69, 9.17) is 4.74 Å². The monoisotopic (exact) mass is 381 g/mol. The first kappa shape index (κ1) is 19.1. The molecule has 8 heteroatoms. The predicted octanol–water partition coefficient (Wildman–Crippen LogP) is 0.667. The number of carbonyl (C=O) groups excluding carboxylic acids is 1. The summed E-state index contributed by atoms with van der Waals surface area (Å²) in [5.74, 6) is 1.00. The van der Waals surface area contributed by atoms with Gasteiger partial charge < -0.3 is 10.1 Å². The molecular weight excluding hydrogens is 354 g/mol. The Morgan fingerprint density at radius 2 is 2.00 bits per heavy atom. The standard InChI is InChI=1S/C18H27N3O4S/c1-25-17-6-4-3-5-15(17)9-19-18(22)13-20-10-14-7-8-16(20)12-21(11-14)26(2,23)24/h3-6,14,16H,7-13H2,1-2H3,(H,19,22)/t14-,16-/m0/s1. The fourth-order valence-corrected chi connectivity index (χ4v) is 4.81. The summed E-state index contributed by atoms with van der Waals surface area (Å²) in [6, 6.07) is 7.72. The van der Waals surface area contributed by atoms with Crippen LogP contribution in [0.4, 0.5) is 0 Å². The van der Waals surface area contributed by atoms with E-state index < -0.39 is 10.0 Å². The van der Waals surface area contributed by atoms with Crippen LogP contribution in [0.15, 0.2) is 24.3 Å². The van der Waals surface area contributed by atoms with Gasteiger partial charge in [-0.15, -0.1) is 0 Å². The third-order valence-corrected chi connectivity index (χ3v) is 6.51. The molecule has 3 heterocycles. The van der Waals surface area contributed by atoms with E-state index >= 15 is 0 Å². The van der Waals surface area contributed by atoms with Crippen molar-refractivity contribution in [3.05, 3.63) is 29.8 Å². The first-order valence-electron chi connectivity index (χ1n) is 8.94. The minimum atomic E-state index is -3.19. The lowest BCUT2D eigenvalue weighted by molar-refractivity contribution is -0.123. The van der Waals surface area contributed by atoms with Crippen LogP contribution < -0.4 is 10.1 Å². The SMILES string of the molecule is COc1ccccc1CNC(=O)CN1C[C@@H]2CC[C@H]1CN(S(C)(=O)=O)C2. The Hall–Kier alpha value is -1.64. The third-order valence-electron chi connectivity index (χ3n) is 5.28. The number of hydrogen-bond donors (Lipinski definition) is 1. The molecule has 0 aromatic heterocycles. The Kier molecular flexibility index (Phi) is 5.84. The lowest BCUT2D eigenvalue weighted by Crippen LogP contribution is -2.48. The van der Waals surface area contributed by atoms with Gasteiger partial charge in [0.15, 0.2) is 0 Å². The number of benzene rings is 1. The molecule has 0 spiro atoms. The van der Waals surface area contributed by atoms with E-state index in [0.717, 1.165) is 30.7 Å². The summed E-state index contributed by atoms with van der Waals surface area (Å²) < 4.78 is 30.7. The first-order valence-corrected chi connectivity index (χ1v) is 10.8. The average molecular weight is 381 g/mol. The van der Waals surface area contributed by atoms with Gasteiger partial charge in [0, 0.05) is 37.8 Å². The molecule has 0 radical (unpaired) electrons. The van der Waals surface area contributed by atoms with Crippen LogP contribution in [0.5, 0.6) is 5.75 Å². The molecule has 2 atom stereocenters. The van der Waals surface area contributed by atoms with E-state index in [1.165, 1.54) is 6.26 Å². The molecule has 1 amide bonds. The van der Waals surface area contributed by atoms with Gasteiger partial charge in [0.25, 0.3) is 0 Å². The lowest BCUT2D eigenvalue weighted by Gasteiger charge is -2.35. The van der Waals surface area contributed by atoms with Gasteiger partial charge in [0.2, 0.25) is 15.9 Å². The number of nitrogens with zero attached hydrogens (tertiary/aromatic N) is 2. The highest BCUT2D eigenvalue weighted by Crippen LogP contribution is 2.28. The van der Waals surface area contributed by atoms with Crippen molar-refractivity contribution in [3.8, 4) is 5.75 Å². The summed E-state index contributed by atoms with van der Waals surface area (Å²) in [6.45, 7) is 2.54. The van der Waals surface area contributed by atoms with Crippen molar-refractivity contribution in [2.45, 2.75) is 25.4 Å². The molecular formula is C18H27N3O4S. The fraction of sp³-hybridized carbons (Fsp3) is 0.611. The number of para-hydroxylation sites is 1. The molecule has 0 saturated carbocycles. The summed E-state index contributed by atoms with van der Waals surface area (Å²) >= 11 is 0. The van der Waals surface area contributed by atoms with E-state index in [9.17, 15) is 13.2 Å². The Morgan fingerprint density at radius 3 is 2.73 bits per heavy atom. The number of rotatable bonds is 6. The van der Waals surface area contributed by atoms with Gasteiger partial charge in [0.1, 0.15) is 5.75 Å². The highest BCUT2D eigenvalue weighted by molar-refractivity contribution is 7.88. The summed E-state index contributed by atoms with van der Waals surface area (Å²) in [5, 5.41) is 2.95. The first-order chi connectivity index (χ1) is 12.4. The zero-order valence-electron chi connectivity index (χ0n) is 15.3. The van der Waals surface area contributed by atoms with Crippen LogP contribution in [0.2, 0.25) is 0 Å².